The fraction of sp³-hybridized carbons (Fsp3) is 1.00. The summed E-state index contributed by atoms with van der Waals surface area (Å²) in [5.74, 6) is 0. The van der Waals surface area contributed by atoms with E-state index in [1.807, 2.05) is 0 Å². The van der Waals surface area contributed by atoms with Gasteiger partial charge in [-0.1, -0.05) is 0 Å². The molecular formula is C4H14F4Sn. The fourth-order valence-electron chi connectivity index (χ4n) is 0.250. The van der Waals surface area contributed by atoms with Crippen molar-refractivity contribution in [1.29, 1.82) is 0 Å². The normalized spacial score (nSPS) is 4.67. The fourth-order valence-corrected chi connectivity index (χ4v) is 1.68. The van der Waals surface area contributed by atoms with Crippen LogP contribution in [0, 0.1) is 0 Å². The van der Waals surface area contributed by atoms with E-state index < -0.39 is 0 Å². The van der Waals surface area contributed by atoms with Gasteiger partial charge >= 0.3 is 43.9 Å². The van der Waals surface area contributed by atoms with E-state index >= 15 is 0 Å². The second-order valence-corrected chi connectivity index (χ2v) is 6.42. The molecule has 2 radical (unpaired) electrons. The molecule has 0 bridgehead atoms. The van der Waals surface area contributed by atoms with Crippen molar-refractivity contribution in [3.63, 3.8) is 0 Å². The van der Waals surface area contributed by atoms with Crippen LogP contribution in [0.1, 0.15) is 13.8 Å². The Morgan fingerprint density at radius 3 is 1.00 bits per heavy atom. The van der Waals surface area contributed by atoms with Crippen molar-refractivity contribution in [1.82, 2.24) is 0 Å². The summed E-state index contributed by atoms with van der Waals surface area (Å²) in [7, 11) is 0. The summed E-state index contributed by atoms with van der Waals surface area (Å²) < 4.78 is 3.03. The van der Waals surface area contributed by atoms with Gasteiger partial charge in [-0.05, 0) is 0 Å². The summed E-state index contributed by atoms with van der Waals surface area (Å²) >= 11 is 0.218. The van der Waals surface area contributed by atoms with Crippen LogP contribution in [0.3, 0.4) is 0 Å². The molecule has 0 rings (SSSR count). The summed E-state index contributed by atoms with van der Waals surface area (Å²) in [6.07, 6.45) is 0. The van der Waals surface area contributed by atoms with Crippen LogP contribution in [0.25, 0.3) is 0 Å². The Labute approximate surface area is 63.1 Å². The molecule has 0 heterocycles. The van der Waals surface area contributed by atoms with Gasteiger partial charge in [0, 0.05) is 0 Å². The van der Waals surface area contributed by atoms with Gasteiger partial charge in [-0.3, -0.25) is 18.8 Å². The van der Waals surface area contributed by atoms with E-state index in [2.05, 4.69) is 13.8 Å². The molecule has 5 heteroatoms. The average molecular weight is 257 g/mol. The topological polar surface area (TPSA) is 0 Å². The quantitative estimate of drug-likeness (QED) is 0.525. The first kappa shape index (κ1) is 33.8. The molecule has 0 N–H and O–H groups in total. The van der Waals surface area contributed by atoms with Gasteiger partial charge in [-0.15, -0.1) is 0 Å². The van der Waals surface area contributed by atoms with Crippen LogP contribution in [-0.2, 0) is 0 Å². The molecule has 0 aromatic rings. The van der Waals surface area contributed by atoms with Crippen LogP contribution >= 0.6 is 0 Å². The van der Waals surface area contributed by atoms with E-state index in [1.54, 1.807) is 0 Å². The maximum absolute atomic E-state index is 2.29. The molecule has 0 unspecified atom stereocenters. The molecule has 0 saturated carbocycles. The van der Waals surface area contributed by atoms with Gasteiger partial charge < -0.3 is 0 Å². The van der Waals surface area contributed by atoms with Gasteiger partial charge in [-0.25, -0.2) is 0 Å². The molecule has 0 aliphatic rings. The van der Waals surface area contributed by atoms with Crippen LogP contribution < -0.4 is 0 Å². The molecule has 9 heavy (non-hydrogen) atoms. The van der Waals surface area contributed by atoms with Crippen molar-refractivity contribution in [2.45, 2.75) is 22.7 Å². The standard InChI is InChI=1S/2C2H5.4FH.Sn/c2*1-2;;;;;/h2*1H2,2H3;4*1H;. The maximum Gasteiger partial charge on any atom is -0.269 e. The van der Waals surface area contributed by atoms with Gasteiger partial charge in [0.25, 0.3) is 0 Å². The van der Waals surface area contributed by atoms with E-state index in [0.29, 0.717) is 0 Å². The van der Waals surface area contributed by atoms with Crippen molar-refractivity contribution in [2.75, 3.05) is 0 Å². The third-order valence-corrected chi connectivity index (χ3v) is 3.35. The third-order valence-electron chi connectivity index (χ3n) is 0.500. The van der Waals surface area contributed by atoms with Gasteiger partial charge in [0.05, 0.1) is 0 Å². The van der Waals surface area contributed by atoms with Gasteiger partial charge in [0.2, 0.25) is 0 Å². The molecule has 62 valence electrons. The number of hydrogen-bond donors (Lipinski definition) is 0. The van der Waals surface area contributed by atoms with Crippen LogP contribution in [0.5, 0.6) is 0 Å². The van der Waals surface area contributed by atoms with Crippen molar-refractivity contribution in [3.05, 3.63) is 0 Å². The predicted octanol–water partition coefficient (Wildman–Crippen LogP) is 2.18. The van der Waals surface area contributed by atoms with Crippen LogP contribution in [0.4, 0.5) is 18.8 Å². The SMILES string of the molecule is C[CH2][Sn][CH2]C.F.F.F.F. The van der Waals surface area contributed by atoms with Crippen LogP contribution in [-0.4, -0.2) is 21.1 Å². The van der Waals surface area contributed by atoms with Gasteiger partial charge in [-0.2, -0.15) is 0 Å². The minimum atomic E-state index is 0. The monoisotopic (exact) mass is 258 g/mol. The molecule has 0 fully saturated rings. The summed E-state index contributed by atoms with van der Waals surface area (Å²) in [6.45, 7) is 4.57. The molecule has 0 atom stereocenters. The Balaban J connectivity index is -0.0000000133. The number of hydrogen-bond acceptors (Lipinski definition) is 0. The first-order valence-corrected chi connectivity index (χ1v) is 6.16. The summed E-state index contributed by atoms with van der Waals surface area (Å²) in [5.41, 5.74) is 0. The average Bonchev–Trinajstić information content (AvgIpc) is 1.41. The third kappa shape index (κ3) is 57.1. The van der Waals surface area contributed by atoms with Gasteiger partial charge in [0.15, 0.2) is 0 Å². The molecule has 0 nitrogen and oxygen atoms in total. The molecular weight excluding hydrogens is 243 g/mol. The van der Waals surface area contributed by atoms with E-state index in [1.165, 1.54) is 8.87 Å². The largest absolute Gasteiger partial charge is 0.269 e. The Morgan fingerprint density at radius 2 is 1.00 bits per heavy atom. The zero-order chi connectivity index (χ0) is 4.12. The van der Waals surface area contributed by atoms with Crippen LogP contribution in [0.15, 0.2) is 0 Å². The van der Waals surface area contributed by atoms with Crippen molar-refractivity contribution in [3.8, 4) is 0 Å². The molecule has 0 amide bonds. The van der Waals surface area contributed by atoms with E-state index in [9.17, 15) is 0 Å². The Kier molecular flexibility index (Phi) is 146. The summed E-state index contributed by atoms with van der Waals surface area (Å²) in [6, 6.07) is 0. The number of halogens is 4. The summed E-state index contributed by atoms with van der Waals surface area (Å²) in [5, 5.41) is 0. The van der Waals surface area contributed by atoms with E-state index in [4.69, 9.17) is 0 Å². The number of rotatable bonds is 2. The minimum Gasteiger partial charge on any atom is -0.269 e. The summed E-state index contributed by atoms with van der Waals surface area (Å²) in [4.78, 5) is 0. The molecule has 0 spiro atoms. The Morgan fingerprint density at radius 1 is 0.778 bits per heavy atom. The molecule has 0 aromatic heterocycles. The minimum absolute atomic E-state index is 0. The maximum atomic E-state index is 2.29. The van der Waals surface area contributed by atoms with Crippen LogP contribution in [0.2, 0.25) is 8.87 Å². The van der Waals surface area contributed by atoms with Crippen molar-refractivity contribution in [2.24, 2.45) is 0 Å². The predicted molar refractivity (Wildman–Crippen MR) is 36.7 cm³/mol. The van der Waals surface area contributed by atoms with E-state index in [0.717, 1.165) is 0 Å². The second kappa shape index (κ2) is 38.9. The van der Waals surface area contributed by atoms with Crippen molar-refractivity contribution < 1.29 is 18.8 Å². The molecule has 0 saturated heterocycles. The second-order valence-electron chi connectivity index (χ2n) is 0.957. The van der Waals surface area contributed by atoms with Gasteiger partial charge in [0.1, 0.15) is 0 Å². The Hall–Kier alpha value is 0.519. The first-order valence-electron chi connectivity index (χ1n) is 2.12. The van der Waals surface area contributed by atoms with Crippen molar-refractivity contribution >= 4 is 21.1 Å². The zero-order valence-electron chi connectivity index (χ0n) is 5.55. The first-order chi connectivity index (χ1) is 2.41. The Bertz CT molecular complexity index is 20.0. The molecule has 0 aliphatic carbocycles. The van der Waals surface area contributed by atoms with E-state index in [-0.39, 0.29) is 40.0 Å². The molecule has 0 aromatic carbocycles. The zero-order valence-corrected chi connectivity index (χ0v) is 8.40. The smallest absolute Gasteiger partial charge is 0.269 e. The molecule has 0 aliphatic heterocycles.